The topological polar surface area (TPSA) is 26.3 Å². The largest absolute Gasteiger partial charge is 0.468 e. The molecule has 0 aliphatic heterocycles. The number of carbonyl (C=O) groups is 1. The molecule has 1 aliphatic rings. The summed E-state index contributed by atoms with van der Waals surface area (Å²) < 4.78 is 4.89. The first-order valence-corrected chi connectivity index (χ1v) is 5.26. The third-order valence-electron chi connectivity index (χ3n) is 3.23. The van der Waals surface area contributed by atoms with Crippen LogP contribution in [0.4, 0.5) is 0 Å². The lowest BCUT2D eigenvalue weighted by Gasteiger charge is -2.16. The van der Waals surface area contributed by atoms with Crippen molar-refractivity contribution in [1.29, 1.82) is 0 Å². The fourth-order valence-corrected chi connectivity index (χ4v) is 2.16. The van der Waals surface area contributed by atoms with Gasteiger partial charge in [0.05, 0.1) is 12.5 Å². The zero-order chi connectivity index (χ0) is 11.1. The summed E-state index contributed by atoms with van der Waals surface area (Å²) in [4.78, 5) is 11.7. The molecular formula is C13H16O2. The highest BCUT2D eigenvalue weighted by Crippen LogP contribution is 2.50. The normalized spacial score (nSPS) is 17.3. The van der Waals surface area contributed by atoms with Crippen LogP contribution in [-0.4, -0.2) is 13.1 Å². The minimum Gasteiger partial charge on any atom is -0.468 e. The van der Waals surface area contributed by atoms with E-state index in [1.54, 1.807) is 0 Å². The smallest absolute Gasteiger partial charge is 0.316 e. The lowest BCUT2D eigenvalue weighted by atomic mass is 9.90. The van der Waals surface area contributed by atoms with Crippen LogP contribution in [0, 0.1) is 13.8 Å². The Kier molecular flexibility index (Phi) is 2.29. The van der Waals surface area contributed by atoms with E-state index in [1.165, 1.54) is 18.2 Å². The summed E-state index contributed by atoms with van der Waals surface area (Å²) in [7, 11) is 1.47. The Bertz CT molecular complexity index is 403. The minimum atomic E-state index is -0.329. The molecule has 0 saturated heterocycles. The van der Waals surface area contributed by atoms with Crippen molar-refractivity contribution in [3.05, 3.63) is 34.9 Å². The third-order valence-corrected chi connectivity index (χ3v) is 3.23. The molecule has 15 heavy (non-hydrogen) atoms. The predicted octanol–water partition coefficient (Wildman–Crippen LogP) is 2.51. The van der Waals surface area contributed by atoms with Crippen molar-refractivity contribution >= 4 is 5.97 Å². The van der Waals surface area contributed by atoms with Gasteiger partial charge in [-0.1, -0.05) is 23.8 Å². The molecule has 2 nitrogen and oxygen atoms in total. The number of ether oxygens (including phenoxy) is 1. The summed E-state index contributed by atoms with van der Waals surface area (Å²) in [6.07, 6.45) is 1.84. The van der Waals surface area contributed by atoms with Crippen molar-refractivity contribution in [2.24, 2.45) is 0 Å². The van der Waals surface area contributed by atoms with Crippen LogP contribution in [0.25, 0.3) is 0 Å². The van der Waals surface area contributed by atoms with E-state index in [4.69, 9.17) is 4.74 Å². The average molecular weight is 204 g/mol. The van der Waals surface area contributed by atoms with Gasteiger partial charge in [0.15, 0.2) is 0 Å². The molecular weight excluding hydrogens is 188 g/mol. The van der Waals surface area contributed by atoms with Gasteiger partial charge in [0.25, 0.3) is 0 Å². The molecule has 0 radical (unpaired) electrons. The highest BCUT2D eigenvalue weighted by Gasteiger charge is 2.53. The van der Waals surface area contributed by atoms with E-state index in [-0.39, 0.29) is 11.4 Å². The van der Waals surface area contributed by atoms with Crippen LogP contribution in [0.5, 0.6) is 0 Å². The second-order valence-electron chi connectivity index (χ2n) is 4.39. The number of hydrogen-bond donors (Lipinski definition) is 0. The molecule has 0 bridgehead atoms. The average Bonchev–Trinajstić information content (AvgIpc) is 3.01. The van der Waals surface area contributed by atoms with Gasteiger partial charge in [0.1, 0.15) is 0 Å². The zero-order valence-electron chi connectivity index (χ0n) is 9.46. The second-order valence-corrected chi connectivity index (χ2v) is 4.39. The lowest BCUT2D eigenvalue weighted by Crippen LogP contribution is -2.22. The summed E-state index contributed by atoms with van der Waals surface area (Å²) in [5, 5.41) is 0. The molecule has 0 aromatic heterocycles. The van der Waals surface area contributed by atoms with Crippen molar-refractivity contribution in [2.45, 2.75) is 32.1 Å². The van der Waals surface area contributed by atoms with Crippen molar-refractivity contribution in [3.63, 3.8) is 0 Å². The van der Waals surface area contributed by atoms with Crippen LogP contribution in [-0.2, 0) is 14.9 Å². The van der Waals surface area contributed by atoms with Gasteiger partial charge in [-0.15, -0.1) is 0 Å². The number of benzene rings is 1. The number of carbonyl (C=O) groups excluding carboxylic acids is 1. The van der Waals surface area contributed by atoms with E-state index < -0.39 is 0 Å². The molecule has 0 amide bonds. The highest BCUT2D eigenvalue weighted by atomic mass is 16.5. The second kappa shape index (κ2) is 3.37. The molecule has 1 aromatic carbocycles. The first-order valence-electron chi connectivity index (χ1n) is 5.26. The molecule has 1 saturated carbocycles. The number of hydrogen-bond acceptors (Lipinski definition) is 2. The van der Waals surface area contributed by atoms with Crippen LogP contribution >= 0.6 is 0 Å². The number of rotatable bonds is 2. The van der Waals surface area contributed by atoms with Gasteiger partial charge in [0.2, 0.25) is 0 Å². The quantitative estimate of drug-likeness (QED) is 0.692. The lowest BCUT2D eigenvalue weighted by molar-refractivity contribution is -0.143. The predicted molar refractivity (Wildman–Crippen MR) is 58.8 cm³/mol. The van der Waals surface area contributed by atoms with Gasteiger partial charge in [-0.05, 0) is 37.8 Å². The highest BCUT2D eigenvalue weighted by molar-refractivity contribution is 5.87. The Morgan fingerprint density at radius 2 is 2.00 bits per heavy atom. The zero-order valence-corrected chi connectivity index (χ0v) is 9.46. The van der Waals surface area contributed by atoms with Crippen LogP contribution in [0.3, 0.4) is 0 Å². The van der Waals surface area contributed by atoms with Crippen LogP contribution in [0.1, 0.15) is 29.5 Å². The first kappa shape index (κ1) is 10.2. The van der Waals surface area contributed by atoms with E-state index >= 15 is 0 Å². The SMILES string of the molecule is COC(=O)C1(c2cc(C)ccc2C)CC1. The van der Waals surface area contributed by atoms with Crippen LogP contribution in [0.15, 0.2) is 18.2 Å². The fourth-order valence-electron chi connectivity index (χ4n) is 2.16. The monoisotopic (exact) mass is 204 g/mol. The maximum atomic E-state index is 11.7. The molecule has 2 heteroatoms. The summed E-state index contributed by atoms with van der Waals surface area (Å²) in [6.45, 7) is 4.11. The summed E-state index contributed by atoms with van der Waals surface area (Å²) in [6, 6.07) is 6.26. The van der Waals surface area contributed by atoms with Gasteiger partial charge < -0.3 is 4.74 Å². The van der Waals surface area contributed by atoms with E-state index in [9.17, 15) is 4.79 Å². The molecule has 0 unspecified atom stereocenters. The molecule has 1 fully saturated rings. The Hall–Kier alpha value is -1.31. The Morgan fingerprint density at radius 3 is 2.53 bits per heavy atom. The van der Waals surface area contributed by atoms with Gasteiger partial charge in [0, 0.05) is 0 Å². The van der Waals surface area contributed by atoms with Gasteiger partial charge in [-0.25, -0.2) is 0 Å². The fraction of sp³-hybridized carbons (Fsp3) is 0.462. The van der Waals surface area contributed by atoms with E-state index in [2.05, 4.69) is 32.0 Å². The van der Waals surface area contributed by atoms with Crippen molar-refractivity contribution in [2.75, 3.05) is 7.11 Å². The van der Waals surface area contributed by atoms with E-state index in [0.29, 0.717) is 0 Å². The number of aryl methyl sites for hydroxylation is 2. The molecule has 0 heterocycles. The van der Waals surface area contributed by atoms with Crippen LogP contribution in [0.2, 0.25) is 0 Å². The number of esters is 1. The van der Waals surface area contributed by atoms with Crippen molar-refractivity contribution < 1.29 is 9.53 Å². The van der Waals surface area contributed by atoms with E-state index in [0.717, 1.165) is 18.4 Å². The van der Waals surface area contributed by atoms with Gasteiger partial charge in [-0.2, -0.15) is 0 Å². The summed E-state index contributed by atoms with van der Waals surface area (Å²) in [5.74, 6) is -0.0869. The minimum absolute atomic E-state index is 0.0869. The van der Waals surface area contributed by atoms with Gasteiger partial charge >= 0.3 is 5.97 Å². The Balaban J connectivity index is 2.45. The maximum Gasteiger partial charge on any atom is 0.316 e. The Morgan fingerprint density at radius 1 is 1.33 bits per heavy atom. The van der Waals surface area contributed by atoms with Crippen molar-refractivity contribution in [3.8, 4) is 0 Å². The van der Waals surface area contributed by atoms with Crippen LogP contribution < -0.4 is 0 Å². The number of methoxy groups -OCH3 is 1. The molecule has 0 spiro atoms. The summed E-state index contributed by atoms with van der Waals surface area (Å²) in [5.41, 5.74) is 3.20. The maximum absolute atomic E-state index is 11.7. The molecule has 1 aromatic rings. The van der Waals surface area contributed by atoms with E-state index in [1.807, 2.05) is 0 Å². The van der Waals surface area contributed by atoms with Crippen molar-refractivity contribution in [1.82, 2.24) is 0 Å². The first-order chi connectivity index (χ1) is 7.10. The third kappa shape index (κ3) is 1.54. The summed E-state index contributed by atoms with van der Waals surface area (Å²) >= 11 is 0. The Labute approximate surface area is 90.3 Å². The molecule has 1 aliphatic carbocycles. The molecule has 80 valence electrons. The van der Waals surface area contributed by atoms with Gasteiger partial charge in [-0.3, -0.25) is 4.79 Å². The molecule has 2 rings (SSSR count). The standard InChI is InChI=1S/C13H16O2/c1-9-4-5-10(2)11(8-9)13(6-7-13)12(14)15-3/h4-5,8H,6-7H2,1-3H3. The molecule has 0 atom stereocenters. The molecule has 0 N–H and O–H groups in total.